The summed E-state index contributed by atoms with van der Waals surface area (Å²) >= 11 is 0. The molecule has 0 fully saturated rings. The van der Waals surface area contributed by atoms with E-state index in [1.165, 1.54) is 141 Å². The Hall–Kier alpha value is -1.59. The average Bonchev–Trinajstić information content (AvgIpc) is 3.11. The van der Waals surface area contributed by atoms with Crippen LogP contribution in [0.5, 0.6) is 0 Å². The number of unbranched alkanes of at least 4 members (excludes halogenated alkanes) is 27. The van der Waals surface area contributed by atoms with Crippen molar-refractivity contribution in [3.8, 4) is 0 Å². The van der Waals surface area contributed by atoms with Crippen molar-refractivity contribution in [1.82, 2.24) is 0 Å². The Morgan fingerprint density at radius 1 is 0.373 bits per heavy atom. The fourth-order valence-corrected chi connectivity index (χ4v) is 6.63. The number of ether oxygens (including phenoxy) is 3. The average molecular weight is 723 g/mol. The molecule has 0 saturated carbocycles. The molecule has 0 rings (SSSR count). The summed E-state index contributed by atoms with van der Waals surface area (Å²) < 4.78 is 16.6. The van der Waals surface area contributed by atoms with Crippen molar-refractivity contribution in [2.24, 2.45) is 5.92 Å². The summed E-state index contributed by atoms with van der Waals surface area (Å²) in [5.74, 6) is -0.0668. The highest BCUT2D eigenvalue weighted by Crippen LogP contribution is 2.16. The van der Waals surface area contributed by atoms with Gasteiger partial charge in [-0.25, -0.2) is 0 Å². The zero-order valence-corrected chi connectivity index (χ0v) is 34.6. The molecule has 0 aliphatic heterocycles. The second kappa shape index (κ2) is 39.6. The quantitative estimate of drug-likeness (QED) is 0.0356. The van der Waals surface area contributed by atoms with Gasteiger partial charge in [-0.3, -0.25) is 14.4 Å². The molecule has 0 heterocycles. The Morgan fingerprint density at radius 3 is 0.961 bits per heavy atom. The highest BCUT2D eigenvalue weighted by atomic mass is 16.6. The van der Waals surface area contributed by atoms with Gasteiger partial charge in [-0.05, 0) is 25.2 Å². The minimum Gasteiger partial charge on any atom is -0.462 e. The second-order valence-electron chi connectivity index (χ2n) is 15.8. The monoisotopic (exact) mass is 723 g/mol. The van der Waals surface area contributed by atoms with Gasteiger partial charge in [-0.15, -0.1) is 0 Å². The molecule has 0 aliphatic carbocycles. The zero-order valence-electron chi connectivity index (χ0n) is 34.6. The summed E-state index contributed by atoms with van der Waals surface area (Å²) in [6, 6.07) is 0. The SMILES string of the molecule is CCCCCCCCCCCCCCCCCC(=O)OC[C@H](COC(=O)CCCCCCCCCCC(C)C)OC(=O)CCCCCCCCC. The van der Waals surface area contributed by atoms with Gasteiger partial charge in [0.25, 0.3) is 0 Å². The van der Waals surface area contributed by atoms with E-state index in [1.54, 1.807) is 0 Å². The maximum atomic E-state index is 12.6. The molecule has 0 saturated heterocycles. The van der Waals surface area contributed by atoms with Gasteiger partial charge in [0.1, 0.15) is 13.2 Å². The van der Waals surface area contributed by atoms with Crippen LogP contribution in [0, 0.1) is 5.92 Å². The maximum absolute atomic E-state index is 12.6. The fourth-order valence-electron chi connectivity index (χ4n) is 6.63. The summed E-state index contributed by atoms with van der Waals surface area (Å²) in [7, 11) is 0. The van der Waals surface area contributed by atoms with Crippen molar-refractivity contribution < 1.29 is 28.6 Å². The van der Waals surface area contributed by atoms with Gasteiger partial charge >= 0.3 is 17.9 Å². The summed E-state index contributed by atoms with van der Waals surface area (Å²) in [5.41, 5.74) is 0. The third kappa shape index (κ3) is 39.5. The number of carbonyl (C=O) groups is 3. The largest absolute Gasteiger partial charge is 0.462 e. The predicted octanol–water partition coefficient (Wildman–Crippen LogP) is 13.9. The summed E-state index contributed by atoms with van der Waals surface area (Å²) in [6.45, 7) is 8.92. The van der Waals surface area contributed by atoms with Gasteiger partial charge in [0.05, 0.1) is 0 Å². The van der Waals surface area contributed by atoms with Crippen LogP contribution in [-0.2, 0) is 28.6 Å². The van der Waals surface area contributed by atoms with Crippen molar-refractivity contribution in [2.75, 3.05) is 13.2 Å². The van der Waals surface area contributed by atoms with E-state index in [1.807, 2.05) is 0 Å². The van der Waals surface area contributed by atoms with Gasteiger partial charge in [0.15, 0.2) is 6.10 Å². The number of esters is 3. The van der Waals surface area contributed by atoms with E-state index in [-0.39, 0.29) is 31.1 Å². The lowest BCUT2D eigenvalue weighted by atomic mass is 10.0. The Kier molecular flexibility index (Phi) is 38.4. The molecule has 51 heavy (non-hydrogen) atoms. The van der Waals surface area contributed by atoms with Crippen molar-refractivity contribution in [1.29, 1.82) is 0 Å². The van der Waals surface area contributed by atoms with Gasteiger partial charge in [0.2, 0.25) is 0 Å². The minimum atomic E-state index is -0.758. The van der Waals surface area contributed by atoms with Crippen molar-refractivity contribution in [2.45, 2.75) is 252 Å². The van der Waals surface area contributed by atoms with Crippen LogP contribution in [0.15, 0.2) is 0 Å². The van der Waals surface area contributed by atoms with Crippen molar-refractivity contribution in [3.63, 3.8) is 0 Å². The lowest BCUT2D eigenvalue weighted by molar-refractivity contribution is -0.167. The molecule has 0 aromatic carbocycles. The van der Waals surface area contributed by atoms with Gasteiger partial charge < -0.3 is 14.2 Å². The normalized spacial score (nSPS) is 11.9. The molecule has 0 aromatic heterocycles. The molecule has 0 unspecified atom stereocenters. The lowest BCUT2D eigenvalue weighted by Crippen LogP contribution is -2.30. The number of rotatable bonds is 40. The van der Waals surface area contributed by atoms with Crippen LogP contribution in [0.4, 0.5) is 0 Å². The Balaban J connectivity index is 4.22. The molecule has 0 bridgehead atoms. The van der Waals surface area contributed by atoms with E-state index in [0.717, 1.165) is 63.7 Å². The zero-order chi connectivity index (χ0) is 37.5. The van der Waals surface area contributed by atoms with E-state index < -0.39 is 6.10 Å². The fraction of sp³-hybridized carbons (Fsp3) is 0.933. The van der Waals surface area contributed by atoms with Crippen LogP contribution < -0.4 is 0 Å². The van der Waals surface area contributed by atoms with Crippen LogP contribution in [0.3, 0.4) is 0 Å². The van der Waals surface area contributed by atoms with E-state index in [4.69, 9.17) is 14.2 Å². The van der Waals surface area contributed by atoms with E-state index >= 15 is 0 Å². The Morgan fingerprint density at radius 2 is 0.647 bits per heavy atom. The number of carbonyl (C=O) groups excluding carboxylic acids is 3. The smallest absolute Gasteiger partial charge is 0.306 e. The standard InChI is InChI=1S/C45H86O6/c1-5-7-9-11-13-14-15-16-17-18-19-20-25-28-32-36-43(46)49-39-42(51-45(48)38-34-30-23-12-10-8-6-2)40-50-44(47)37-33-29-26-22-21-24-27-31-35-41(3)4/h41-42H,5-40H2,1-4H3/t42-/m1/s1. The predicted molar refractivity (Wildman–Crippen MR) is 215 cm³/mol. The molecule has 1 atom stereocenters. The molecular formula is C45H86O6. The van der Waals surface area contributed by atoms with Crippen LogP contribution in [-0.4, -0.2) is 37.2 Å². The van der Waals surface area contributed by atoms with E-state index in [9.17, 15) is 14.4 Å². The van der Waals surface area contributed by atoms with Gasteiger partial charge in [-0.1, -0.05) is 207 Å². The van der Waals surface area contributed by atoms with E-state index in [0.29, 0.717) is 19.3 Å². The van der Waals surface area contributed by atoms with Gasteiger partial charge in [-0.2, -0.15) is 0 Å². The summed E-state index contributed by atoms with van der Waals surface area (Å²) in [4.78, 5) is 37.5. The number of hydrogen-bond donors (Lipinski definition) is 0. The molecule has 0 amide bonds. The first-order chi connectivity index (χ1) is 24.9. The highest BCUT2D eigenvalue weighted by Gasteiger charge is 2.19. The number of hydrogen-bond acceptors (Lipinski definition) is 6. The first-order valence-corrected chi connectivity index (χ1v) is 22.4. The molecular weight excluding hydrogens is 636 g/mol. The second-order valence-corrected chi connectivity index (χ2v) is 15.8. The molecule has 6 heteroatoms. The third-order valence-electron chi connectivity index (χ3n) is 10.0. The molecule has 6 nitrogen and oxygen atoms in total. The minimum absolute atomic E-state index is 0.0647. The summed E-state index contributed by atoms with van der Waals surface area (Å²) in [6.07, 6.45) is 38.2. The van der Waals surface area contributed by atoms with E-state index in [2.05, 4.69) is 27.7 Å². The van der Waals surface area contributed by atoms with Crippen molar-refractivity contribution >= 4 is 17.9 Å². The molecule has 0 N–H and O–H groups in total. The van der Waals surface area contributed by atoms with Crippen LogP contribution in [0.2, 0.25) is 0 Å². The van der Waals surface area contributed by atoms with Gasteiger partial charge in [0, 0.05) is 19.3 Å². The van der Waals surface area contributed by atoms with Crippen LogP contribution >= 0.6 is 0 Å². The highest BCUT2D eigenvalue weighted by molar-refractivity contribution is 5.71. The molecule has 0 radical (unpaired) electrons. The topological polar surface area (TPSA) is 78.9 Å². The Bertz CT molecular complexity index is 766. The Labute approximate surface area is 317 Å². The van der Waals surface area contributed by atoms with Crippen LogP contribution in [0.1, 0.15) is 246 Å². The molecule has 302 valence electrons. The first kappa shape index (κ1) is 49.4. The van der Waals surface area contributed by atoms with Crippen molar-refractivity contribution in [3.05, 3.63) is 0 Å². The summed E-state index contributed by atoms with van der Waals surface area (Å²) in [5, 5.41) is 0. The molecule has 0 spiro atoms. The van der Waals surface area contributed by atoms with Crippen LogP contribution in [0.25, 0.3) is 0 Å². The first-order valence-electron chi connectivity index (χ1n) is 22.4. The lowest BCUT2D eigenvalue weighted by Gasteiger charge is -2.18. The molecule has 0 aromatic rings. The molecule has 0 aliphatic rings. The maximum Gasteiger partial charge on any atom is 0.306 e. The third-order valence-corrected chi connectivity index (χ3v) is 10.0.